The molecule has 0 radical (unpaired) electrons. The second kappa shape index (κ2) is 3.64. The maximum absolute atomic E-state index is 5.95. The van der Waals surface area contributed by atoms with Gasteiger partial charge < -0.3 is 0 Å². The molecule has 1 aliphatic heterocycles. The monoisotopic (exact) mass is 196 g/mol. The summed E-state index contributed by atoms with van der Waals surface area (Å²) in [5, 5.41) is 0.641. The minimum Gasteiger partial charge on any atom is -0.298 e. The molecule has 1 saturated heterocycles. The van der Waals surface area contributed by atoms with Crippen molar-refractivity contribution in [2.45, 2.75) is 13.5 Å². The predicted octanol–water partition coefficient (Wildman–Crippen LogP) is 2.19. The van der Waals surface area contributed by atoms with Crippen molar-refractivity contribution in [3.05, 3.63) is 29.0 Å². The van der Waals surface area contributed by atoms with Crippen LogP contribution in [-0.4, -0.2) is 23.0 Å². The van der Waals surface area contributed by atoms with Crippen LogP contribution in [0.15, 0.2) is 18.3 Å². The van der Waals surface area contributed by atoms with Crippen molar-refractivity contribution in [2.24, 2.45) is 5.92 Å². The Balaban J connectivity index is 1.98. The maximum Gasteiger partial charge on any atom is 0.133 e. The van der Waals surface area contributed by atoms with Gasteiger partial charge in [0.05, 0.1) is 0 Å². The molecular formula is C10H13ClN2. The van der Waals surface area contributed by atoms with E-state index >= 15 is 0 Å². The smallest absolute Gasteiger partial charge is 0.133 e. The number of halogens is 1. The minimum absolute atomic E-state index is 0.641. The summed E-state index contributed by atoms with van der Waals surface area (Å²) < 4.78 is 0. The van der Waals surface area contributed by atoms with Gasteiger partial charge in [-0.2, -0.15) is 0 Å². The third-order valence-electron chi connectivity index (χ3n) is 2.37. The Labute approximate surface area is 83.5 Å². The molecule has 0 aromatic carbocycles. The molecule has 1 fully saturated rings. The van der Waals surface area contributed by atoms with Gasteiger partial charge in [0.15, 0.2) is 0 Å². The van der Waals surface area contributed by atoms with E-state index in [-0.39, 0.29) is 0 Å². The molecule has 1 aliphatic rings. The SMILES string of the molecule is CC1CN(Cc2cccnc2Cl)C1. The highest BCUT2D eigenvalue weighted by atomic mass is 35.5. The van der Waals surface area contributed by atoms with Crippen LogP contribution in [0.1, 0.15) is 12.5 Å². The molecule has 13 heavy (non-hydrogen) atoms. The number of hydrogen-bond donors (Lipinski definition) is 0. The predicted molar refractivity (Wildman–Crippen MR) is 53.7 cm³/mol. The third kappa shape index (κ3) is 2.01. The van der Waals surface area contributed by atoms with Crippen molar-refractivity contribution in [1.82, 2.24) is 9.88 Å². The lowest BCUT2D eigenvalue weighted by Crippen LogP contribution is -2.44. The van der Waals surface area contributed by atoms with Gasteiger partial charge >= 0.3 is 0 Å². The average Bonchev–Trinajstić information content (AvgIpc) is 2.06. The average molecular weight is 197 g/mol. The van der Waals surface area contributed by atoms with Gasteiger partial charge in [-0.1, -0.05) is 24.6 Å². The first kappa shape index (κ1) is 8.97. The standard InChI is InChI=1S/C10H13ClN2/c1-8-5-13(6-8)7-9-3-2-4-12-10(9)11/h2-4,8H,5-7H2,1H3. The lowest BCUT2D eigenvalue weighted by molar-refractivity contribution is 0.105. The summed E-state index contributed by atoms with van der Waals surface area (Å²) in [7, 11) is 0. The number of rotatable bonds is 2. The fraction of sp³-hybridized carbons (Fsp3) is 0.500. The molecule has 0 atom stereocenters. The summed E-state index contributed by atoms with van der Waals surface area (Å²) in [6.45, 7) is 5.58. The van der Waals surface area contributed by atoms with Crippen molar-refractivity contribution in [1.29, 1.82) is 0 Å². The molecule has 0 bridgehead atoms. The molecule has 2 heterocycles. The molecule has 2 rings (SSSR count). The normalized spacial score (nSPS) is 18.6. The lowest BCUT2D eigenvalue weighted by Gasteiger charge is -2.37. The zero-order valence-electron chi connectivity index (χ0n) is 7.70. The van der Waals surface area contributed by atoms with Crippen LogP contribution in [0.4, 0.5) is 0 Å². The highest BCUT2D eigenvalue weighted by Gasteiger charge is 2.22. The highest BCUT2D eigenvalue weighted by molar-refractivity contribution is 6.30. The second-order valence-corrected chi connectivity index (χ2v) is 4.11. The molecule has 3 heteroatoms. The van der Waals surface area contributed by atoms with Crippen LogP contribution in [-0.2, 0) is 6.54 Å². The summed E-state index contributed by atoms with van der Waals surface area (Å²) in [5.41, 5.74) is 1.14. The molecule has 1 aromatic heterocycles. The van der Waals surface area contributed by atoms with Gasteiger partial charge in [-0.25, -0.2) is 4.98 Å². The summed E-state index contributed by atoms with van der Waals surface area (Å²) in [6, 6.07) is 3.97. The Morgan fingerprint density at radius 2 is 2.38 bits per heavy atom. The fourth-order valence-electron chi connectivity index (χ4n) is 1.74. The van der Waals surface area contributed by atoms with Gasteiger partial charge in [-0.05, 0) is 12.0 Å². The molecule has 2 nitrogen and oxygen atoms in total. The van der Waals surface area contributed by atoms with E-state index in [4.69, 9.17) is 11.6 Å². The first-order valence-electron chi connectivity index (χ1n) is 4.57. The second-order valence-electron chi connectivity index (χ2n) is 3.75. The van der Waals surface area contributed by atoms with E-state index in [1.165, 1.54) is 13.1 Å². The van der Waals surface area contributed by atoms with Gasteiger partial charge in [0.25, 0.3) is 0 Å². The first-order chi connectivity index (χ1) is 6.25. The Morgan fingerprint density at radius 1 is 1.62 bits per heavy atom. The topological polar surface area (TPSA) is 16.1 Å². The van der Waals surface area contributed by atoms with Crippen LogP contribution in [0.25, 0.3) is 0 Å². The summed E-state index contributed by atoms with van der Waals surface area (Å²) in [6.07, 6.45) is 1.73. The van der Waals surface area contributed by atoms with E-state index in [1.54, 1.807) is 6.20 Å². The zero-order valence-corrected chi connectivity index (χ0v) is 8.46. The lowest BCUT2D eigenvalue weighted by atomic mass is 10.0. The first-order valence-corrected chi connectivity index (χ1v) is 4.95. The number of pyridine rings is 1. The van der Waals surface area contributed by atoms with E-state index in [1.807, 2.05) is 12.1 Å². The highest BCUT2D eigenvalue weighted by Crippen LogP contribution is 2.20. The Kier molecular flexibility index (Phi) is 2.51. The number of hydrogen-bond acceptors (Lipinski definition) is 2. The summed E-state index contributed by atoms with van der Waals surface area (Å²) >= 11 is 5.95. The molecule has 0 unspecified atom stereocenters. The van der Waals surface area contributed by atoms with Gasteiger partial charge in [-0.3, -0.25) is 4.90 Å². The zero-order chi connectivity index (χ0) is 9.26. The maximum atomic E-state index is 5.95. The quantitative estimate of drug-likeness (QED) is 0.675. The van der Waals surface area contributed by atoms with Crippen LogP contribution in [0, 0.1) is 5.92 Å². The molecule has 0 aliphatic carbocycles. The van der Waals surface area contributed by atoms with Gasteiger partial charge in [0, 0.05) is 31.4 Å². The third-order valence-corrected chi connectivity index (χ3v) is 2.71. The molecule has 0 amide bonds. The Hall–Kier alpha value is -0.600. The molecule has 0 saturated carbocycles. The van der Waals surface area contributed by atoms with E-state index in [9.17, 15) is 0 Å². The minimum atomic E-state index is 0.641. The van der Waals surface area contributed by atoms with Crippen LogP contribution in [0.2, 0.25) is 5.15 Å². The Morgan fingerprint density at radius 3 is 3.00 bits per heavy atom. The number of nitrogens with zero attached hydrogens (tertiary/aromatic N) is 2. The van der Waals surface area contributed by atoms with Gasteiger partial charge in [0.2, 0.25) is 0 Å². The molecular weight excluding hydrogens is 184 g/mol. The molecule has 0 spiro atoms. The van der Waals surface area contributed by atoms with Crippen molar-refractivity contribution in [3.8, 4) is 0 Å². The molecule has 1 aromatic rings. The molecule has 70 valence electrons. The Bertz CT molecular complexity index is 295. The van der Waals surface area contributed by atoms with Crippen molar-refractivity contribution >= 4 is 11.6 Å². The van der Waals surface area contributed by atoms with Crippen molar-refractivity contribution in [3.63, 3.8) is 0 Å². The largest absolute Gasteiger partial charge is 0.298 e. The van der Waals surface area contributed by atoms with E-state index in [0.29, 0.717) is 5.15 Å². The van der Waals surface area contributed by atoms with Gasteiger partial charge in [0.1, 0.15) is 5.15 Å². The van der Waals surface area contributed by atoms with E-state index < -0.39 is 0 Å². The van der Waals surface area contributed by atoms with Crippen LogP contribution >= 0.6 is 11.6 Å². The fourth-order valence-corrected chi connectivity index (χ4v) is 1.91. The van der Waals surface area contributed by atoms with Crippen molar-refractivity contribution < 1.29 is 0 Å². The van der Waals surface area contributed by atoms with E-state index in [0.717, 1.165) is 18.0 Å². The molecule has 0 N–H and O–H groups in total. The van der Waals surface area contributed by atoms with Crippen LogP contribution < -0.4 is 0 Å². The number of aromatic nitrogens is 1. The summed E-state index contributed by atoms with van der Waals surface area (Å²) in [5.74, 6) is 0.843. The number of likely N-dealkylation sites (tertiary alicyclic amines) is 1. The van der Waals surface area contributed by atoms with Crippen LogP contribution in [0.3, 0.4) is 0 Å². The van der Waals surface area contributed by atoms with Gasteiger partial charge in [-0.15, -0.1) is 0 Å². The van der Waals surface area contributed by atoms with Crippen molar-refractivity contribution in [2.75, 3.05) is 13.1 Å². The van der Waals surface area contributed by atoms with E-state index in [2.05, 4.69) is 16.8 Å². The summed E-state index contributed by atoms with van der Waals surface area (Å²) in [4.78, 5) is 6.43. The van der Waals surface area contributed by atoms with Crippen LogP contribution in [0.5, 0.6) is 0 Å².